The van der Waals surface area contributed by atoms with E-state index in [9.17, 15) is 33.9 Å². The SMILES string of the molecule is COC(=O)[C@H](CCC(=O)NCCCCCC(=O)N1C[C@H](O)C[C@H]1COC(c1ccccc1)(c1ccc(OC)cc1)c1ccc(OC)cc1)NC(=O)c1ccc(CCC2=CCc3nc(NC(=O)C(C)C)[nH]c(=O)c32)cc1. The van der Waals surface area contributed by atoms with E-state index < -0.39 is 29.6 Å². The van der Waals surface area contributed by atoms with Crippen LogP contribution in [0.2, 0.25) is 0 Å². The van der Waals surface area contributed by atoms with Crippen LogP contribution in [0.1, 0.15) is 109 Å². The topological polar surface area (TPSA) is 228 Å². The number of H-pyrrole nitrogens is 1. The van der Waals surface area contributed by atoms with Crippen molar-refractivity contribution >= 4 is 41.1 Å². The molecular formula is C58H68N6O11. The molecule has 17 nitrogen and oxygen atoms in total. The largest absolute Gasteiger partial charge is 0.497 e. The van der Waals surface area contributed by atoms with Gasteiger partial charge in [0.15, 0.2) is 0 Å². The number of hydrogen-bond acceptors (Lipinski definition) is 12. The Bertz CT molecular complexity index is 2800. The number of aromatic nitrogens is 2. The maximum absolute atomic E-state index is 13.8. The fourth-order valence-electron chi connectivity index (χ4n) is 9.57. The van der Waals surface area contributed by atoms with Crippen LogP contribution in [-0.4, -0.2) is 109 Å². The Balaban J connectivity index is 0.851. The van der Waals surface area contributed by atoms with Crippen molar-refractivity contribution in [3.05, 3.63) is 159 Å². The summed E-state index contributed by atoms with van der Waals surface area (Å²) in [4.78, 5) is 86.5. The number of anilines is 1. The number of carbonyl (C=O) groups is 5. The summed E-state index contributed by atoms with van der Waals surface area (Å²) in [6.07, 6.45) is 5.37. The van der Waals surface area contributed by atoms with Gasteiger partial charge >= 0.3 is 5.97 Å². The maximum atomic E-state index is 13.8. The Kier molecular flexibility index (Phi) is 19.1. The number of fused-ring (bicyclic) bond motifs is 1. The van der Waals surface area contributed by atoms with E-state index in [-0.39, 0.29) is 73.6 Å². The third-order valence-corrected chi connectivity index (χ3v) is 13.7. The van der Waals surface area contributed by atoms with Crippen molar-refractivity contribution in [1.82, 2.24) is 25.5 Å². The zero-order valence-electron chi connectivity index (χ0n) is 43.3. The lowest BCUT2D eigenvalue weighted by Crippen LogP contribution is -2.42. The van der Waals surface area contributed by atoms with E-state index in [1.807, 2.05) is 97.1 Å². The molecule has 2 heterocycles. The molecule has 5 aromatic rings. The number of β-amino-alcohol motifs (C(OH)–C–C–N with tert-alkyl or cyclic N) is 1. The number of amides is 4. The molecule has 17 heteroatoms. The van der Waals surface area contributed by atoms with Crippen molar-refractivity contribution in [3.63, 3.8) is 0 Å². The fraction of sp³-hybridized carbons (Fsp3) is 0.397. The minimum absolute atomic E-state index is 0.0201. The second-order valence-corrected chi connectivity index (χ2v) is 19.2. The van der Waals surface area contributed by atoms with Gasteiger partial charge in [-0.15, -0.1) is 0 Å². The number of aliphatic hydroxyl groups is 1. The molecule has 0 unspecified atom stereocenters. The number of unbranched alkanes of at least 4 members (excludes halogenated alkanes) is 2. The summed E-state index contributed by atoms with van der Waals surface area (Å²) in [5, 5.41) is 19.1. The molecule has 1 aromatic heterocycles. The Morgan fingerprint density at radius 2 is 1.47 bits per heavy atom. The molecule has 3 atom stereocenters. The molecule has 0 saturated carbocycles. The van der Waals surface area contributed by atoms with Crippen LogP contribution in [0.5, 0.6) is 11.5 Å². The predicted molar refractivity (Wildman–Crippen MR) is 283 cm³/mol. The quantitative estimate of drug-likeness (QED) is 0.0235. The van der Waals surface area contributed by atoms with Crippen LogP contribution in [0.25, 0.3) is 5.57 Å². The van der Waals surface area contributed by atoms with Gasteiger partial charge < -0.3 is 39.6 Å². The van der Waals surface area contributed by atoms with Gasteiger partial charge in [0, 0.05) is 43.8 Å². The van der Waals surface area contributed by atoms with Crippen LogP contribution < -0.4 is 31.0 Å². The molecule has 0 radical (unpaired) electrons. The number of hydrogen-bond donors (Lipinski definition) is 5. The molecule has 1 saturated heterocycles. The van der Waals surface area contributed by atoms with Gasteiger partial charge in [0.25, 0.3) is 11.5 Å². The van der Waals surface area contributed by atoms with E-state index in [4.69, 9.17) is 18.9 Å². The first-order valence-electron chi connectivity index (χ1n) is 25.6. The Morgan fingerprint density at radius 1 is 0.813 bits per heavy atom. The molecule has 1 fully saturated rings. The molecule has 1 aliphatic carbocycles. The van der Waals surface area contributed by atoms with E-state index in [0.717, 1.165) is 27.8 Å². The predicted octanol–water partition coefficient (Wildman–Crippen LogP) is 6.65. The van der Waals surface area contributed by atoms with Gasteiger partial charge in [0.1, 0.15) is 23.1 Å². The summed E-state index contributed by atoms with van der Waals surface area (Å²) in [5.41, 5.74) is 4.45. The van der Waals surface area contributed by atoms with Crippen molar-refractivity contribution in [2.75, 3.05) is 46.3 Å². The third kappa shape index (κ3) is 14.0. The number of aliphatic hydroxyl groups excluding tert-OH is 1. The standard InChI is InChI=1S/C58H68N6O11/c1-37(2)53(68)62-57-61-48-30-21-39(52(48)55(70)63-57)18-15-38-16-19-40(20-17-38)54(69)60-49(56(71)74-5)31-32-50(66)59-33-11-7-10-14-51(67)64-35-45(65)34-44(64)36-75-58(41-12-8-6-9-13-41,42-22-26-46(72-3)27-23-42)43-24-28-47(73-4)29-25-43/h6,8-9,12-13,16-17,19-29,37,44-45,49,65H,7,10-11,14-15,18,30-36H2,1-5H3,(H,59,66)(H,60,69)(H2,61,62,63,68,70)/t44-,45+,49-/m0/s1. The smallest absolute Gasteiger partial charge is 0.328 e. The first-order valence-corrected chi connectivity index (χ1v) is 25.6. The molecule has 4 amide bonds. The van der Waals surface area contributed by atoms with Gasteiger partial charge in [0.05, 0.1) is 51.3 Å². The van der Waals surface area contributed by atoms with E-state index in [1.54, 1.807) is 45.1 Å². The van der Waals surface area contributed by atoms with Gasteiger partial charge in [-0.25, -0.2) is 9.78 Å². The number of nitrogens with zero attached hydrogens (tertiary/aromatic N) is 2. The second kappa shape index (κ2) is 26.0. The number of rotatable bonds is 25. The average molecular weight is 1030 g/mol. The van der Waals surface area contributed by atoms with Crippen LogP contribution in [-0.2, 0) is 47.1 Å². The molecule has 75 heavy (non-hydrogen) atoms. The van der Waals surface area contributed by atoms with Gasteiger partial charge in [-0.3, -0.25) is 34.3 Å². The summed E-state index contributed by atoms with van der Waals surface area (Å²) < 4.78 is 23.0. The molecule has 5 N–H and O–H groups in total. The fourth-order valence-corrected chi connectivity index (χ4v) is 9.57. The highest BCUT2D eigenvalue weighted by molar-refractivity contribution is 5.97. The van der Waals surface area contributed by atoms with Crippen molar-refractivity contribution in [1.29, 1.82) is 0 Å². The van der Waals surface area contributed by atoms with Gasteiger partial charge in [-0.05, 0) is 103 Å². The minimum Gasteiger partial charge on any atom is -0.497 e. The summed E-state index contributed by atoms with van der Waals surface area (Å²) >= 11 is 0. The van der Waals surface area contributed by atoms with Gasteiger partial charge in [-0.2, -0.15) is 0 Å². The average Bonchev–Trinajstić information content (AvgIpc) is 4.03. The zero-order chi connectivity index (χ0) is 53.5. The number of benzene rings is 4. The molecule has 0 spiro atoms. The van der Waals surface area contributed by atoms with Crippen molar-refractivity contribution < 1.29 is 48.0 Å². The van der Waals surface area contributed by atoms with Crippen LogP contribution in [0.15, 0.2) is 114 Å². The van der Waals surface area contributed by atoms with Crippen molar-refractivity contribution in [2.45, 2.75) is 102 Å². The number of likely N-dealkylation sites (tertiary alicyclic amines) is 1. The first-order chi connectivity index (χ1) is 36.2. The summed E-state index contributed by atoms with van der Waals surface area (Å²) in [7, 11) is 4.46. The third-order valence-electron chi connectivity index (χ3n) is 13.7. The monoisotopic (exact) mass is 1020 g/mol. The second-order valence-electron chi connectivity index (χ2n) is 19.2. The lowest BCUT2D eigenvalue weighted by atomic mass is 9.80. The van der Waals surface area contributed by atoms with E-state index in [1.165, 1.54) is 7.11 Å². The Labute approximate surface area is 437 Å². The highest BCUT2D eigenvalue weighted by atomic mass is 16.5. The Morgan fingerprint density at radius 3 is 2.09 bits per heavy atom. The number of ether oxygens (including phenoxy) is 4. The van der Waals surface area contributed by atoms with Crippen molar-refractivity contribution in [2.24, 2.45) is 5.92 Å². The first kappa shape index (κ1) is 55.1. The number of carbonyl (C=O) groups excluding carboxylic acids is 5. The lowest BCUT2D eigenvalue weighted by Gasteiger charge is -2.38. The van der Waals surface area contributed by atoms with E-state index >= 15 is 0 Å². The highest BCUT2D eigenvalue weighted by Crippen LogP contribution is 2.42. The van der Waals surface area contributed by atoms with Gasteiger partial charge in [0.2, 0.25) is 23.7 Å². The molecule has 4 aromatic carbocycles. The number of nitrogens with one attached hydrogen (secondary N) is 4. The van der Waals surface area contributed by atoms with Crippen molar-refractivity contribution in [3.8, 4) is 11.5 Å². The van der Waals surface area contributed by atoms with Crippen LogP contribution in [0.3, 0.4) is 0 Å². The molecule has 396 valence electrons. The summed E-state index contributed by atoms with van der Waals surface area (Å²) in [6.45, 7) is 4.23. The summed E-state index contributed by atoms with van der Waals surface area (Å²) in [5.74, 6) is -0.516. The van der Waals surface area contributed by atoms with Crippen LogP contribution in [0.4, 0.5) is 5.95 Å². The highest BCUT2D eigenvalue weighted by Gasteiger charge is 2.41. The number of allylic oxidation sites excluding steroid dienone is 2. The van der Waals surface area contributed by atoms with Crippen LogP contribution >= 0.6 is 0 Å². The number of aromatic amines is 1. The molecule has 0 bridgehead atoms. The normalized spacial score (nSPS) is 15.4. The Hall–Kier alpha value is -7.63. The molecule has 2 aliphatic rings. The molecule has 7 rings (SSSR count). The van der Waals surface area contributed by atoms with Crippen LogP contribution in [0, 0.1) is 5.92 Å². The zero-order valence-corrected chi connectivity index (χ0v) is 43.3. The summed E-state index contributed by atoms with van der Waals surface area (Å²) in [6, 6.07) is 30.9. The van der Waals surface area contributed by atoms with E-state index in [2.05, 4.69) is 25.9 Å². The lowest BCUT2D eigenvalue weighted by molar-refractivity contribution is -0.143. The molecule has 1 aliphatic heterocycles. The number of aryl methyl sites for hydroxylation is 1. The number of esters is 1. The van der Waals surface area contributed by atoms with E-state index in [0.29, 0.717) is 79.8 Å². The van der Waals surface area contributed by atoms with Gasteiger partial charge in [-0.1, -0.05) is 93.1 Å². The minimum atomic E-state index is -1.08. The molecular weight excluding hydrogens is 957 g/mol. The maximum Gasteiger partial charge on any atom is 0.328 e. The number of methoxy groups -OCH3 is 3.